The summed E-state index contributed by atoms with van der Waals surface area (Å²) in [6, 6.07) is 0. The van der Waals surface area contributed by atoms with Crippen LogP contribution in [0.2, 0.25) is 0 Å². The number of esters is 2. The Bertz CT molecular complexity index is 1130. The van der Waals surface area contributed by atoms with Crippen LogP contribution >= 0.6 is 0 Å². The minimum atomic E-state index is -4.59. The second-order valence-electron chi connectivity index (χ2n) is 15.0. The molecule has 13 heteroatoms. The number of hydrogen-bond acceptors (Lipinski definition) is 11. The number of ether oxygens (including phenoxy) is 4. The maximum atomic E-state index is 12.7. The minimum absolute atomic E-state index is 0.165. The SMILES string of the molecule is CCCCC/C=C/C/C=C/CCCCCCCCCCCC(=O)OC[C@H](CO[C@H]1O[C@H](CS(=O)(=O)O)[C@@H](O)C(O)C1O)OC(=O)CCCCCCCCCC. The van der Waals surface area contributed by atoms with Crippen LogP contribution in [0.3, 0.4) is 0 Å². The van der Waals surface area contributed by atoms with Crippen LogP contribution in [0, 0.1) is 0 Å². The Balaban J connectivity index is 2.39. The van der Waals surface area contributed by atoms with Gasteiger partial charge in [0.1, 0.15) is 36.8 Å². The number of carbonyl (C=O) groups is 2. The van der Waals surface area contributed by atoms with Gasteiger partial charge in [-0.25, -0.2) is 0 Å². The van der Waals surface area contributed by atoms with Crippen molar-refractivity contribution >= 4 is 22.1 Å². The Kier molecular flexibility index (Phi) is 30.8. The average molecular weight is 805 g/mol. The van der Waals surface area contributed by atoms with Crippen LogP contribution in [-0.4, -0.2) is 96.0 Å². The summed E-state index contributed by atoms with van der Waals surface area (Å²) in [6.45, 7) is 3.68. The molecule has 4 N–H and O–H groups in total. The molecule has 0 bridgehead atoms. The van der Waals surface area contributed by atoms with E-state index in [1.165, 1.54) is 83.5 Å². The van der Waals surface area contributed by atoms with E-state index in [2.05, 4.69) is 38.2 Å². The summed E-state index contributed by atoms with van der Waals surface area (Å²) in [4.78, 5) is 25.2. The van der Waals surface area contributed by atoms with Gasteiger partial charge in [0.05, 0.1) is 6.61 Å². The van der Waals surface area contributed by atoms with Crippen LogP contribution in [0.4, 0.5) is 0 Å². The van der Waals surface area contributed by atoms with E-state index in [1.54, 1.807) is 0 Å². The second-order valence-corrected chi connectivity index (χ2v) is 16.5. The van der Waals surface area contributed by atoms with Gasteiger partial charge in [-0.05, 0) is 44.9 Å². The Morgan fingerprint density at radius 3 is 1.64 bits per heavy atom. The lowest BCUT2D eigenvalue weighted by Crippen LogP contribution is -2.60. The molecule has 1 heterocycles. The average Bonchev–Trinajstić information content (AvgIpc) is 3.14. The van der Waals surface area contributed by atoms with Crippen LogP contribution in [-0.2, 0) is 38.7 Å². The van der Waals surface area contributed by atoms with Gasteiger partial charge in [0.15, 0.2) is 12.4 Å². The first-order chi connectivity index (χ1) is 26.5. The van der Waals surface area contributed by atoms with Crippen LogP contribution in [0.1, 0.15) is 174 Å². The van der Waals surface area contributed by atoms with E-state index in [-0.39, 0.29) is 19.4 Å². The molecule has 0 aromatic carbocycles. The molecule has 55 heavy (non-hydrogen) atoms. The highest BCUT2D eigenvalue weighted by atomic mass is 32.2. The van der Waals surface area contributed by atoms with Gasteiger partial charge < -0.3 is 34.3 Å². The van der Waals surface area contributed by atoms with Gasteiger partial charge >= 0.3 is 11.9 Å². The molecule has 0 spiro atoms. The number of carbonyl (C=O) groups excluding carboxylic acids is 2. The molecule has 6 atom stereocenters. The molecule has 0 saturated carbocycles. The van der Waals surface area contributed by atoms with E-state index in [1.807, 2.05) is 0 Å². The van der Waals surface area contributed by atoms with Crippen molar-refractivity contribution in [3.63, 3.8) is 0 Å². The number of allylic oxidation sites excluding steroid dienone is 4. The fraction of sp³-hybridized carbons (Fsp3) is 0.857. The molecular formula is C42H76O12S. The van der Waals surface area contributed by atoms with Crippen molar-refractivity contribution in [1.82, 2.24) is 0 Å². The van der Waals surface area contributed by atoms with Crippen molar-refractivity contribution in [3.05, 3.63) is 24.3 Å². The Hall–Kier alpha value is -1.87. The molecule has 0 aromatic heterocycles. The lowest BCUT2D eigenvalue weighted by atomic mass is 10.00. The highest BCUT2D eigenvalue weighted by molar-refractivity contribution is 7.85. The molecule has 12 nitrogen and oxygen atoms in total. The third kappa shape index (κ3) is 28.2. The van der Waals surface area contributed by atoms with Gasteiger partial charge in [-0.1, -0.05) is 141 Å². The lowest BCUT2D eigenvalue weighted by Gasteiger charge is -2.40. The summed E-state index contributed by atoms with van der Waals surface area (Å²) >= 11 is 0. The van der Waals surface area contributed by atoms with E-state index in [4.69, 9.17) is 18.9 Å². The smallest absolute Gasteiger partial charge is 0.306 e. The molecular weight excluding hydrogens is 729 g/mol. The maximum Gasteiger partial charge on any atom is 0.306 e. The van der Waals surface area contributed by atoms with Crippen molar-refractivity contribution in [3.8, 4) is 0 Å². The Morgan fingerprint density at radius 2 is 1.09 bits per heavy atom. The van der Waals surface area contributed by atoms with Crippen molar-refractivity contribution in [2.75, 3.05) is 19.0 Å². The lowest BCUT2D eigenvalue weighted by molar-refractivity contribution is -0.297. The summed E-state index contributed by atoms with van der Waals surface area (Å²) < 4.78 is 53.8. The summed E-state index contributed by atoms with van der Waals surface area (Å²) in [7, 11) is -4.59. The summed E-state index contributed by atoms with van der Waals surface area (Å²) in [5.41, 5.74) is 0. The monoisotopic (exact) mass is 805 g/mol. The van der Waals surface area contributed by atoms with Crippen LogP contribution in [0.15, 0.2) is 24.3 Å². The third-order valence-corrected chi connectivity index (χ3v) is 10.5. The standard InChI is InChI=1S/C42H76O12S/c1-3-5-7-9-11-13-14-15-16-17-18-19-20-21-22-23-25-26-28-30-37(43)51-32-35(53-38(44)31-29-27-24-12-10-8-6-4-2)33-52-42-41(47)40(46)39(45)36(54-42)34-55(48,49)50/h11,13,15-16,35-36,39-42,45-47H,3-10,12,14,17-34H2,1-2H3,(H,48,49,50)/b13-11+,16-15+/t35-,36-,39-,40?,41?,42+/m1/s1. The molecule has 1 aliphatic rings. The predicted molar refractivity (Wildman–Crippen MR) is 215 cm³/mol. The number of hydrogen-bond donors (Lipinski definition) is 4. The zero-order valence-electron chi connectivity index (χ0n) is 34.0. The van der Waals surface area contributed by atoms with E-state index < -0.39 is 71.2 Å². The van der Waals surface area contributed by atoms with Crippen molar-refractivity contribution in [2.24, 2.45) is 0 Å². The molecule has 1 rings (SSSR count). The highest BCUT2D eigenvalue weighted by Crippen LogP contribution is 2.24. The Labute approximate surface area is 332 Å². The first-order valence-electron chi connectivity index (χ1n) is 21.4. The van der Waals surface area contributed by atoms with E-state index in [0.717, 1.165) is 51.4 Å². The van der Waals surface area contributed by atoms with Gasteiger partial charge in [-0.15, -0.1) is 0 Å². The first kappa shape index (κ1) is 51.1. The summed E-state index contributed by atoms with van der Waals surface area (Å²) in [5.74, 6) is -1.99. The quantitative estimate of drug-likeness (QED) is 0.0209. The van der Waals surface area contributed by atoms with Gasteiger partial charge in [0.25, 0.3) is 10.1 Å². The fourth-order valence-corrected chi connectivity index (χ4v) is 7.10. The molecule has 0 aliphatic carbocycles. The van der Waals surface area contributed by atoms with Crippen molar-refractivity contribution in [1.29, 1.82) is 0 Å². The normalized spacial score (nSPS) is 21.0. The highest BCUT2D eigenvalue weighted by Gasteiger charge is 2.46. The zero-order chi connectivity index (χ0) is 40.6. The molecule has 0 amide bonds. The summed E-state index contributed by atoms with van der Waals surface area (Å²) in [5, 5.41) is 30.8. The van der Waals surface area contributed by atoms with Gasteiger partial charge in [0, 0.05) is 12.8 Å². The number of unbranched alkanes of at least 4 members (excludes halogenated alkanes) is 19. The predicted octanol–water partition coefficient (Wildman–Crippen LogP) is 8.06. The topological polar surface area (TPSA) is 186 Å². The molecule has 322 valence electrons. The molecule has 1 fully saturated rings. The molecule has 0 aromatic rings. The zero-order valence-corrected chi connectivity index (χ0v) is 34.9. The molecule has 0 radical (unpaired) electrons. The van der Waals surface area contributed by atoms with Gasteiger partial charge in [-0.3, -0.25) is 14.1 Å². The van der Waals surface area contributed by atoms with Crippen molar-refractivity contribution < 1.29 is 56.8 Å². The first-order valence-corrected chi connectivity index (χ1v) is 23.0. The molecule has 1 aliphatic heterocycles. The fourth-order valence-electron chi connectivity index (χ4n) is 6.41. The minimum Gasteiger partial charge on any atom is -0.462 e. The van der Waals surface area contributed by atoms with E-state index >= 15 is 0 Å². The number of aliphatic hydroxyl groups excluding tert-OH is 3. The van der Waals surface area contributed by atoms with Gasteiger partial charge in [0.2, 0.25) is 0 Å². The van der Waals surface area contributed by atoms with E-state index in [0.29, 0.717) is 12.8 Å². The third-order valence-electron chi connectivity index (χ3n) is 9.78. The Morgan fingerprint density at radius 1 is 0.618 bits per heavy atom. The van der Waals surface area contributed by atoms with Crippen LogP contribution in [0.5, 0.6) is 0 Å². The maximum absolute atomic E-state index is 12.7. The largest absolute Gasteiger partial charge is 0.462 e. The van der Waals surface area contributed by atoms with Gasteiger partial charge in [-0.2, -0.15) is 8.42 Å². The molecule has 2 unspecified atom stereocenters. The number of rotatable bonds is 35. The van der Waals surface area contributed by atoms with Crippen LogP contribution < -0.4 is 0 Å². The second kappa shape index (κ2) is 33.1. The van der Waals surface area contributed by atoms with E-state index in [9.17, 15) is 37.9 Å². The number of aliphatic hydroxyl groups is 3. The van der Waals surface area contributed by atoms with Crippen molar-refractivity contribution in [2.45, 2.75) is 211 Å². The van der Waals surface area contributed by atoms with Crippen LogP contribution in [0.25, 0.3) is 0 Å². The summed E-state index contributed by atoms with van der Waals surface area (Å²) in [6.07, 6.45) is 25.3. The molecule has 1 saturated heterocycles.